The Morgan fingerprint density at radius 2 is 2.24 bits per heavy atom. The predicted molar refractivity (Wildman–Crippen MR) is 85.4 cm³/mol. The maximum atomic E-state index is 12.3. The number of nitrogens with one attached hydrogen (secondary N) is 3. The molecule has 21 heavy (non-hydrogen) atoms. The standard InChI is InChI=1S/C14H15ClN4O.ClH/c1-8-10(15)3-2-4-11(8)17-14(20)13-9-7-16-6-5-12(9)18-19-13;/h2-4,16H,5-7H2,1H3,(H,17,20)(H,18,19);1H. The number of amides is 1. The van der Waals surface area contributed by atoms with Crippen molar-refractivity contribution < 1.29 is 4.79 Å². The third-order valence-electron chi connectivity index (χ3n) is 3.54. The summed E-state index contributed by atoms with van der Waals surface area (Å²) in [4.78, 5) is 12.3. The van der Waals surface area contributed by atoms with Gasteiger partial charge in [-0.05, 0) is 24.6 Å². The van der Waals surface area contributed by atoms with E-state index in [0.717, 1.165) is 29.8 Å². The molecule has 0 saturated heterocycles. The van der Waals surface area contributed by atoms with Gasteiger partial charge in [0.05, 0.1) is 0 Å². The molecule has 0 radical (unpaired) electrons. The van der Waals surface area contributed by atoms with Crippen molar-refractivity contribution in [2.24, 2.45) is 0 Å². The fraction of sp³-hybridized carbons (Fsp3) is 0.286. The normalized spacial score (nSPS) is 13.2. The van der Waals surface area contributed by atoms with Crippen molar-refractivity contribution in [3.05, 3.63) is 45.7 Å². The van der Waals surface area contributed by atoms with Crippen molar-refractivity contribution in [1.82, 2.24) is 15.5 Å². The number of halogens is 2. The first-order chi connectivity index (χ1) is 9.66. The Hall–Kier alpha value is -1.56. The highest BCUT2D eigenvalue weighted by atomic mass is 35.5. The van der Waals surface area contributed by atoms with Crippen molar-refractivity contribution in [3.63, 3.8) is 0 Å². The topological polar surface area (TPSA) is 69.8 Å². The quantitative estimate of drug-likeness (QED) is 0.794. The highest BCUT2D eigenvalue weighted by Crippen LogP contribution is 2.24. The molecular weight excluding hydrogens is 311 g/mol. The summed E-state index contributed by atoms with van der Waals surface area (Å²) in [5, 5.41) is 13.8. The zero-order valence-corrected chi connectivity index (χ0v) is 13.1. The highest BCUT2D eigenvalue weighted by molar-refractivity contribution is 6.31. The van der Waals surface area contributed by atoms with Crippen molar-refractivity contribution in [1.29, 1.82) is 0 Å². The van der Waals surface area contributed by atoms with Gasteiger partial charge in [-0.15, -0.1) is 12.4 Å². The number of aromatic nitrogens is 2. The van der Waals surface area contributed by atoms with Gasteiger partial charge in [-0.2, -0.15) is 5.10 Å². The van der Waals surface area contributed by atoms with Crippen LogP contribution in [-0.2, 0) is 13.0 Å². The summed E-state index contributed by atoms with van der Waals surface area (Å²) in [6.45, 7) is 3.45. The van der Waals surface area contributed by atoms with Crippen LogP contribution in [0.3, 0.4) is 0 Å². The first-order valence-electron chi connectivity index (χ1n) is 6.50. The Kier molecular flexibility index (Phi) is 4.88. The summed E-state index contributed by atoms with van der Waals surface area (Å²) in [6, 6.07) is 5.44. The molecule has 0 atom stereocenters. The molecule has 5 nitrogen and oxygen atoms in total. The van der Waals surface area contributed by atoms with Gasteiger partial charge in [-0.25, -0.2) is 0 Å². The summed E-state index contributed by atoms with van der Waals surface area (Å²) in [7, 11) is 0. The summed E-state index contributed by atoms with van der Waals surface area (Å²) in [5.74, 6) is -0.212. The second-order valence-corrected chi connectivity index (χ2v) is 5.23. The maximum Gasteiger partial charge on any atom is 0.276 e. The largest absolute Gasteiger partial charge is 0.320 e. The van der Waals surface area contributed by atoms with Crippen LogP contribution in [0.2, 0.25) is 5.02 Å². The number of rotatable bonds is 2. The first-order valence-corrected chi connectivity index (χ1v) is 6.88. The molecule has 1 aliphatic heterocycles. The van der Waals surface area contributed by atoms with E-state index in [0.29, 0.717) is 22.9 Å². The van der Waals surface area contributed by atoms with E-state index in [1.54, 1.807) is 6.07 Å². The van der Waals surface area contributed by atoms with E-state index in [1.807, 2.05) is 19.1 Å². The number of fused-ring (bicyclic) bond motifs is 1. The van der Waals surface area contributed by atoms with Crippen molar-refractivity contribution in [2.45, 2.75) is 19.9 Å². The van der Waals surface area contributed by atoms with Gasteiger partial charge in [0.25, 0.3) is 5.91 Å². The number of benzene rings is 1. The third kappa shape index (κ3) is 3.05. The van der Waals surface area contributed by atoms with Gasteiger partial charge >= 0.3 is 0 Å². The minimum Gasteiger partial charge on any atom is -0.320 e. The minimum atomic E-state index is -0.212. The van der Waals surface area contributed by atoms with Crippen LogP contribution in [-0.4, -0.2) is 22.6 Å². The molecule has 3 rings (SSSR count). The Balaban J connectivity index is 0.00000161. The van der Waals surface area contributed by atoms with Gasteiger partial charge in [0, 0.05) is 41.5 Å². The SMILES string of the molecule is Cc1c(Cl)cccc1NC(=O)c1n[nH]c2c1CNCC2.Cl. The molecule has 112 valence electrons. The van der Waals surface area contributed by atoms with Crippen LogP contribution >= 0.6 is 24.0 Å². The van der Waals surface area contributed by atoms with E-state index < -0.39 is 0 Å². The lowest BCUT2D eigenvalue weighted by molar-refractivity contribution is 0.102. The molecule has 7 heteroatoms. The van der Waals surface area contributed by atoms with Crippen LogP contribution < -0.4 is 10.6 Å². The number of anilines is 1. The molecule has 0 aliphatic carbocycles. The second-order valence-electron chi connectivity index (χ2n) is 4.82. The molecule has 0 saturated carbocycles. The number of hydrogen-bond acceptors (Lipinski definition) is 3. The number of H-pyrrole nitrogens is 1. The molecular formula is C14H16Cl2N4O. The lowest BCUT2D eigenvalue weighted by atomic mass is 10.1. The fourth-order valence-corrected chi connectivity index (χ4v) is 2.51. The zero-order chi connectivity index (χ0) is 14.1. The van der Waals surface area contributed by atoms with Crippen molar-refractivity contribution in [2.75, 3.05) is 11.9 Å². The molecule has 2 heterocycles. The monoisotopic (exact) mass is 326 g/mol. The van der Waals surface area contributed by atoms with E-state index in [-0.39, 0.29) is 18.3 Å². The van der Waals surface area contributed by atoms with Crippen LogP contribution in [0, 0.1) is 6.92 Å². The van der Waals surface area contributed by atoms with Crippen molar-refractivity contribution in [3.8, 4) is 0 Å². The summed E-state index contributed by atoms with van der Waals surface area (Å²) < 4.78 is 0. The maximum absolute atomic E-state index is 12.3. The Labute approximate surface area is 133 Å². The molecule has 1 aliphatic rings. The highest BCUT2D eigenvalue weighted by Gasteiger charge is 2.21. The molecule has 1 aromatic carbocycles. The van der Waals surface area contributed by atoms with Crippen molar-refractivity contribution >= 4 is 35.6 Å². The molecule has 1 amide bonds. The summed E-state index contributed by atoms with van der Waals surface area (Å²) in [6.07, 6.45) is 0.867. The van der Waals surface area contributed by atoms with Crippen LogP contribution in [0.25, 0.3) is 0 Å². The number of hydrogen-bond donors (Lipinski definition) is 3. The molecule has 1 aromatic heterocycles. The number of carbonyl (C=O) groups excluding carboxylic acids is 1. The molecule has 0 fully saturated rings. The minimum absolute atomic E-state index is 0. The molecule has 3 N–H and O–H groups in total. The summed E-state index contributed by atoms with van der Waals surface area (Å²) in [5.41, 5.74) is 4.00. The van der Waals surface area contributed by atoms with E-state index in [2.05, 4.69) is 20.8 Å². The molecule has 2 aromatic rings. The van der Waals surface area contributed by atoms with Crippen LogP contribution in [0.4, 0.5) is 5.69 Å². The smallest absolute Gasteiger partial charge is 0.276 e. The van der Waals surface area contributed by atoms with Crippen LogP contribution in [0.15, 0.2) is 18.2 Å². The van der Waals surface area contributed by atoms with Gasteiger partial charge in [0.2, 0.25) is 0 Å². The Morgan fingerprint density at radius 3 is 3.05 bits per heavy atom. The van der Waals surface area contributed by atoms with Gasteiger partial charge < -0.3 is 10.6 Å². The number of carbonyl (C=O) groups is 1. The predicted octanol–water partition coefficient (Wildman–Crippen LogP) is 2.69. The van der Waals surface area contributed by atoms with Crippen LogP contribution in [0.1, 0.15) is 27.3 Å². The van der Waals surface area contributed by atoms with E-state index >= 15 is 0 Å². The van der Waals surface area contributed by atoms with Gasteiger partial charge in [0.15, 0.2) is 5.69 Å². The third-order valence-corrected chi connectivity index (χ3v) is 3.95. The lowest BCUT2D eigenvalue weighted by Crippen LogP contribution is -2.25. The average molecular weight is 327 g/mol. The first kappa shape index (κ1) is 15.8. The van der Waals surface area contributed by atoms with Gasteiger partial charge in [0.1, 0.15) is 0 Å². The summed E-state index contributed by atoms with van der Waals surface area (Å²) >= 11 is 6.05. The molecule has 0 spiro atoms. The second kappa shape index (κ2) is 6.47. The average Bonchev–Trinajstić information content (AvgIpc) is 2.88. The lowest BCUT2D eigenvalue weighted by Gasteiger charge is -2.13. The number of nitrogens with zero attached hydrogens (tertiary/aromatic N) is 1. The van der Waals surface area contributed by atoms with Gasteiger partial charge in [-0.1, -0.05) is 17.7 Å². The van der Waals surface area contributed by atoms with Crippen LogP contribution in [0.5, 0.6) is 0 Å². The van der Waals surface area contributed by atoms with E-state index in [1.165, 1.54) is 0 Å². The van der Waals surface area contributed by atoms with E-state index in [4.69, 9.17) is 11.6 Å². The fourth-order valence-electron chi connectivity index (χ4n) is 2.34. The van der Waals surface area contributed by atoms with Gasteiger partial charge in [-0.3, -0.25) is 9.89 Å². The molecule has 0 unspecified atom stereocenters. The Bertz CT molecular complexity index is 669. The van der Waals surface area contributed by atoms with E-state index in [9.17, 15) is 4.79 Å². The number of aromatic amines is 1. The zero-order valence-electron chi connectivity index (χ0n) is 11.5. The molecule has 0 bridgehead atoms. The Morgan fingerprint density at radius 1 is 1.43 bits per heavy atom.